The molecule has 0 aliphatic carbocycles. The molecule has 1 amide bonds. The van der Waals surface area contributed by atoms with E-state index in [1.54, 1.807) is 6.07 Å². The van der Waals surface area contributed by atoms with Crippen LogP contribution < -0.4 is 5.32 Å². The van der Waals surface area contributed by atoms with Gasteiger partial charge in [0.25, 0.3) is 5.91 Å². The van der Waals surface area contributed by atoms with Crippen molar-refractivity contribution in [2.75, 3.05) is 5.32 Å². The number of carbonyl (C=O) groups excluding carboxylic acids is 1. The Morgan fingerprint density at radius 1 is 1.24 bits per heavy atom. The summed E-state index contributed by atoms with van der Waals surface area (Å²) < 4.78 is 4.84. The quantitative estimate of drug-likeness (QED) is 0.588. The Morgan fingerprint density at radius 3 is 2.81 bits per heavy atom. The summed E-state index contributed by atoms with van der Waals surface area (Å²) in [4.78, 5) is 26.0. The molecule has 104 valence electrons. The molecule has 0 aliphatic rings. The number of aromatic nitrogens is 1. The highest BCUT2D eigenvalue weighted by atomic mass is 16.6. The van der Waals surface area contributed by atoms with Crippen molar-refractivity contribution in [3.05, 3.63) is 64.5 Å². The van der Waals surface area contributed by atoms with Crippen molar-refractivity contribution in [1.82, 2.24) is 4.98 Å². The number of hydrogen-bond acceptors (Lipinski definition) is 5. The number of benzene rings is 1. The summed E-state index contributed by atoms with van der Waals surface area (Å²) in [7, 11) is 0. The number of pyridine rings is 1. The number of carbonyl (C=O) groups is 1. The maximum Gasteiger partial charge on any atom is 0.433 e. The molecule has 0 bridgehead atoms. The topological polar surface area (TPSA) is 98.3 Å². The van der Waals surface area contributed by atoms with Crippen LogP contribution >= 0.6 is 0 Å². The number of hydrogen-bond donors (Lipinski definition) is 1. The second-order valence-electron chi connectivity index (χ2n) is 4.27. The molecule has 0 atom stereocenters. The Morgan fingerprint density at radius 2 is 2.05 bits per heavy atom. The lowest BCUT2D eigenvalue weighted by molar-refractivity contribution is -0.402. The average Bonchev–Trinajstić information content (AvgIpc) is 2.97. The lowest BCUT2D eigenvalue weighted by Gasteiger charge is -2.04. The Kier molecular flexibility index (Phi) is 3.07. The van der Waals surface area contributed by atoms with E-state index >= 15 is 0 Å². The number of nitrogens with zero attached hydrogens (tertiary/aromatic N) is 2. The van der Waals surface area contributed by atoms with Gasteiger partial charge in [0.2, 0.25) is 0 Å². The van der Waals surface area contributed by atoms with Crippen molar-refractivity contribution >= 4 is 28.4 Å². The van der Waals surface area contributed by atoms with E-state index < -0.39 is 16.7 Å². The minimum absolute atomic E-state index is 0.130. The number of fused-ring (bicyclic) bond motifs is 1. The number of amides is 1. The van der Waals surface area contributed by atoms with Gasteiger partial charge in [-0.15, -0.1) is 0 Å². The number of rotatable bonds is 3. The van der Waals surface area contributed by atoms with Gasteiger partial charge in [0, 0.05) is 5.39 Å². The molecule has 0 aliphatic heterocycles. The number of nitrogens with one attached hydrogen (secondary N) is 1. The van der Waals surface area contributed by atoms with Crippen molar-refractivity contribution in [3.63, 3.8) is 0 Å². The molecule has 0 unspecified atom stereocenters. The van der Waals surface area contributed by atoms with Gasteiger partial charge in [-0.1, -0.05) is 18.2 Å². The van der Waals surface area contributed by atoms with E-state index in [0.29, 0.717) is 5.69 Å². The molecule has 7 nitrogen and oxygen atoms in total. The van der Waals surface area contributed by atoms with Crippen LogP contribution in [0.25, 0.3) is 10.9 Å². The van der Waals surface area contributed by atoms with Crippen molar-refractivity contribution in [2.45, 2.75) is 0 Å². The smallest absolute Gasteiger partial charge is 0.395 e. The van der Waals surface area contributed by atoms with Gasteiger partial charge in [-0.2, -0.15) is 0 Å². The van der Waals surface area contributed by atoms with Crippen LogP contribution in [-0.2, 0) is 0 Å². The fourth-order valence-corrected chi connectivity index (χ4v) is 1.88. The molecule has 2 aromatic heterocycles. The van der Waals surface area contributed by atoms with Crippen LogP contribution in [0, 0.1) is 10.1 Å². The van der Waals surface area contributed by atoms with E-state index in [1.165, 1.54) is 12.3 Å². The molecule has 21 heavy (non-hydrogen) atoms. The molecule has 3 rings (SSSR count). The zero-order valence-corrected chi connectivity index (χ0v) is 10.6. The van der Waals surface area contributed by atoms with E-state index in [1.807, 2.05) is 24.3 Å². The summed E-state index contributed by atoms with van der Waals surface area (Å²) in [5.41, 5.74) is 1.29. The Labute approximate surface area is 118 Å². The van der Waals surface area contributed by atoms with Crippen LogP contribution in [0.4, 0.5) is 11.6 Å². The second kappa shape index (κ2) is 5.04. The molecule has 0 spiro atoms. The third-order valence-corrected chi connectivity index (χ3v) is 2.84. The van der Waals surface area contributed by atoms with Gasteiger partial charge in [-0.05, 0) is 18.2 Å². The average molecular weight is 283 g/mol. The first kappa shape index (κ1) is 12.8. The largest absolute Gasteiger partial charge is 0.433 e. The third-order valence-electron chi connectivity index (χ3n) is 2.84. The maximum absolute atomic E-state index is 11.9. The normalized spacial score (nSPS) is 10.5. The molecule has 3 aromatic rings. The van der Waals surface area contributed by atoms with E-state index in [4.69, 9.17) is 4.42 Å². The van der Waals surface area contributed by atoms with Crippen LogP contribution in [0.5, 0.6) is 0 Å². The second-order valence-corrected chi connectivity index (χ2v) is 4.27. The van der Waals surface area contributed by atoms with Gasteiger partial charge in [-0.3, -0.25) is 19.9 Å². The minimum Gasteiger partial charge on any atom is -0.395 e. The molecule has 0 fully saturated rings. The van der Waals surface area contributed by atoms with Crippen molar-refractivity contribution in [2.24, 2.45) is 0 Å². The van der Waals surface area contributed by atoms with Crippen LogP contribution in [-0.4, -0.2) is 15.8 Å². The maximum atomic E-state index is 11.9. The summed E-state index contributed by atoms with van der Waals surface area (Å²) in [6, 6.07) is 11.6. The molecular formula is C14H9N3O4. The zero-order chi connectivity index (χ0) is 14.8. The first-order valence-corrected chi connectivity index (χ1v) is 6.04. The third kappa shape index (κ3) is 2.57. The zero-order valence-electron chi connectivity index (χ0n) is 10.6. The Hall–Kier alpha value is -3.22. The van der Waals surface area contributed by atoms with Gasteiger partial charge in [-0.25, -0.2) is 0 Å². The van der Waals surface area contributed by atoms with Gasteiger partial charge >= 0.3 is 5.88 Å². The van der Waals surface area contributed by atoms with Crippen molar-refractivity contribution < 1.29 is 14.1 Å². The number of nitro groups is 1. The highest BCUT2D eigenvalue weighted by molar-refractivity contribution is 6.03. The molecule has 0 saturated carbocycles. The number of anilines is 1. The summed E-state index contributed by atoms with van der Waals surface area (Å²) >= 11 is 0. The summed E-state index contributed by atoms with van der Waals surface area (Å²) in [6.45, 7) is 0. The van der Waals surface area contributed by atoms with Crippen LogP contribution in [0.2, 0.25) is 0 Å². The first-order chi connectivity index (χ1) is 10.1. The standard InChI is InChI=1S/C14H9N3O4/c18-14(12-5-6-13(21-12)17(19)20)16-10-7-9-3-1-2-4-11(9)15-8-10/h1-8H,(H,16,18). The fourth-order valence-electron chi connectivity index (χ4n) is 1.88. The molecule has 7 heteroatoms. The molecule has 2 heterocycles. The number of para-hydroxylation sites is 1. The minimum atomic E-state index is -0.700. The predicted molar refractivity (Wildman–Crippen MR) is 75.1 cm³/mol. The Bertz CT molecular complexity index is 841. The fraction of sp³-hybridized carbons (Fsp3) is 0. The molecule has 1 N–H and O–H groups in total. The molecular weight excluding hydrogens is 274 g/mol. The van der Waals surface area contributed by atoms with Crippen molar-refractivity contribution in [3.8, 4) is 0 Å². The first-order valence-electron chi connectivity index (χ1n) is 6.04. The lowest BCUT2D eigenvalue weighted by atomic mass is 10.2. The van der Waals surface area contributed by atoms with Crippen molar-refractivity contribution in [1.29, 1.82) is 0 Å². The predicted octanol–water partition coefficient (Wildman–Crippen LogP) is 2.99. The van der Waals surface area contributed by atoms with Crippen LogP contribution in [0.1, 0.15) is 10.6 Å². The number of furan rings is 1. The monoisotopic (exact) mass is 283 g/mol. The highest BCUT2D eigenvalue weighted by Crippen LogP contribution is 2.19. The summed E-state index contributed by atoms with van der Waals surface area (Å²) in [5.74, 6) is -1.17. The molecule has 1 aromatic carbocycles. The van der Waals surface area contributed by atoms with Gasteiger partial charge in [0.1, 0.15) is 4.92 Å². The van der Waals surface area contributed by atoms with Gasteiger partial charge in [0.05, 0.1) is 23.5 Å². The molecule has 0 saturated heterocycles. The highest BCUT2D eigenvalue weighted by Gasteiger charge is 2.17. The summed E-state index contributed by atoms with van der Waals surface area (Å²) in [6.07, 6.45) is 1.51. The van der Waals surface area contributed by atoms with E-state index in [-0.39, 0.29) is 5.76 Å². The van der Waals surface area contributed by atoms with Gasteiger partial charge in [0.15, 0.2) is 5.76 Å². The Balaban J connectivity index is 1.83. The molecule has 0 radical (unpaired) electrons. The van der Waals surface area contributed by atoms with Crippen LogP contribution in [0.3, 0.4) is 0 Å². The van der Waals surface area contributed by atoms with E-state index in [9.17, 15) is 14.9 Å². The summed E-state index contributed by atoms with van der Waals surface area (Å²) in [5, 5.41) is 14.0. The lowest BCUT2D eigenvalue weighted by Crippen LogP contribution is -2.11. The van der Waals surface area contributed by atoms with Crippen LogP contribution in [0.15, 0.2) is 53.1 Å². The SMILES string of the molecule is O=C(Nc1cnc2ccccc2c1)c1ccc([N+](=O)[O-])o1. The van der Waals surface area contributed by atoms with E-state index in [2.05, 4.69) is 10.3 Å². The van der Waals surface area contributed by atoms with E-state index in [0.717, 1.165) is 17.0 Å². The van der Waals surface area contributed by atoms with Gasteiger partial charge < -0.3 is 9.73 Å².